The van der Waals surface area contributed by atoms with E-state index in [0.717, 1.165) is 0 Å². The standard InChI is InChI=1S/C8H16N2O2/c9-10-8(11)12-6-7-4-2-1-3-5-7/h7H,1-6,9H2,(H,10,11). The second kappa shape index (κ2) is 4.98. The Labute approximate surface area is 72.4 Å². The van der Waals surface area contributed by atoms with E-state index in [2.05, 4.69) is 0 Å². The van der Waals surface area contributed by atoms with E-state index in [4.69, 9.17) is 10.6 Å². The van der Waals surface area contributed by atoms with Crippen molar-refractivity contribution >= 4 is 6.09 Å². The van der Waals surface area contributed by atoms with Crippen LogP contribution in [0.4, 0.5) is 4.79 Å². The van der Waals surface area contributed by atoms with Crippen molar-refractivity contribution in [3.8, 4) is 0 Å². The summed E-state index contributed by atoms with van der Waals surface area (Å²) in [4.78, 5) is 10.6. The summed E-state index contributed by atoms with van der Waals surface area (Å²) in [7, 11) is 0. The molecule has 0 saturated heterocycles. The third kappa shape index (κ3) is 3.09. The lowest BCUT2D eigenvalue weighted by Gasteiger charge is -2.20. The number of nitrogens with one attached hydrogen (secondary N) is 1. The number of hydrazine groups is 1. The fourth-order valence-electron chi connectivity index (χ4n) is 1.59. The summed E-state index contributed by atoms with van der Waals surface area (Å²) in [5.74, 6) is 5.42. The average molecular weight is 172 g/mol. The summed E-state index contributed by atoms with van der Waals surface area (Å²) in [6.45, 7) is 0.517. The van der Waals surface area contributed by atoms with Gasteiger partial charge in [-0.1, -0.05) is 19.3 Å². The van der Waals surface area contributed by atoms with E-state index in [1.54, 1.807) is 0 Å². The lowest BCUT2D eigenvalue weighted by atomic mass is 9.90. The molecule has 0 unspecified atom stereocenters. The first-order valence-corrected chi connectivity index (χ1v) is 4.46. The minimum absolute atomic E-state index is 0.517. The lowest BCUT2D eigenvalue weighted by molar-refractivity contribution is 0.116. The fourth-order valence-corrected chi connectivity index (χ4v) is 1.59. The molecule has 1 fully saturated rings. The Morgan fingerprint density at radius 3 is 2.67 bits per heavy atom. The van der Waals surface area contributed by atoms with E-state index in [-0.39, 0.29) is 0 Å². The van der Waals surface area contributed by atoms with Crippen LogP contribution in [0.5, 0.6) is 0 Å². The van der Waals surface area contributed by atoms with Crippen molar-refractivity contribution in [1.82, 2.24) is 5.43 Å². The Balaban J connectivity index is 2.09. The predicted molar refractivity (Wildman–Crippen MR) is 45.2 cm³/mol. The first-order valence-electron chi connectivity index (χ1n) is 4.46. The molecular formula is C8H16N2O2. The number of rotatable bonds is 2. The molecule has 4 heteroatoms. The number of hydrogen-bond donors (Lipinski definition) is 2. The quantitative estimate of drug-likeness (QED) is 0.373. The molecule has 0 aromatic rings. The second-order valence-electron chi connectivity index (χ2n) is 3.25. The van der Waals surface area contributed by atoms with Crippen LogP contribution < -0.4 is 11.3 Å². The summed E-state index contributed by atoms with van der Waals surface area (Å²) in [6.07, 6.45) is 5.67. The lowest BCUT2D eigenvalue weighted by Crippen LogP contribution is -2.32. The average Bonchev–Trinajstić information content (AvgIpc) is 2.16. The minimum atomic E-state index is -0.527. The van der Waals surface area contributed by atoms with Crippen LogP contribution in [-0.4, -0.2) is 12.7 Å². The number of nitrogens with two attached hydrogens (primary N) is 1. The van der Waals surface area contributed by atoms with Crippen molar-refractivity contribution in [2.45, 2.75) is 32.1 Å². The van der Waals surface area contributed by atoms with Crippen LogP contribution in [0.2, 0.25) is 0 Å². The summed E-state index contributed by atoms with van der Waals surface area (Å²) in [5, 5.41) is 0. The Hall–Kier alpha value is -0.770. The van der Waals surface area contributed by atoms with Crippen molar-refractivity contribution in [1.29, 1.82) is 0 Å². The van der Waals surface area contributed by atoms with Crippen LogP contribution in [0, 0.1) is 5.92 Å². The Kier molecular flexibility index (Phi) is 3.87. The molecule has 4 nitrogen and oxygen atoms in total. The minimum Gasteiger partial charge on any atom is -0.448 e. The third-order valence-electron chi connectivity index (χ3n) is 2.29. The van der Waals surface area contributed by atoms with Gasteiger partial charge in [0.05, 0.1) is 6.61 Å². The number of carbonyl (C=O) groups is 1. The molecule has 3 N–H and O–H groups in total. The van der Waals surface area contributed by atoms with Crippen molar-refractivity contribution in [2.24, 2.45) is 11.8 Å². The number of hydrogen-bond acceptors (Lipinski definition) is 3. The summed E-state index contributed by atoms with van der Waals surface area (Å²) in [6, 6.07) is 0. The van der Waals surface area contributed by atoms with Crippen LogP contribution >= 0.6 is 0 Å². The molecule has 1 saturated carbocycles. The molecule has 0 atom stereocenters. The topological polar surface area (TPSA) is 64.3 Å². The molecule has 0 bridgehead atoms. The van der Waals surface area contributed by atoms with Gasteiger partial charge in [0.2, 0.25) is 0 Å². The van der Waals surface area contributed by atoms with Crippen LogP contribution in [0.15, 0.2) is 0 Å². The first kappa shape index (κ1) is 9.32. The van der Waals surface area contributed by atoms with Gasteiger partial charge in [0.25, 0.3) is 0 Å². The Bertz CT molecular complexity index is 144. The van der Waals surface area contributed by atoms with Gasteiger partial charge in [-0.3, -0.25) is 5.43 Å². The van der Waals surface area contributed by atoms with Gasteiger partial charge in [0.1, 0.15) is 0 Å². The number of amides is 1. The molecule has 0 aromatic carbocycles. The van der Waals surface area contributed by atoms with E-state index in [0.29, 0.717) is 12.5 Å². The SMILES string of the molecule is NNC(=O)OCC1CCCCC1. The number of ether oxygens (including phenoxy) is 1. The normalized spacial score (nSPS) is 18.8. The zero-order valence-electron chi connectivity index (χ0n) is 7.21. The van der Waals surface area contributed by atoms with Crippen LogP contribution in [0.25, 0.3) is 0 Å². The smallest absolute Gasteiger partial charge is 0.421 e. The van der Waals surface area contributed by atoms with E-state index >= 15 is 0 Å². The number of carbonyl (C=O) groups excluding carboxylic acids is 1. The summed E-state index contributed by atoms with van der Waals surface area (Å²) < 4.78 is 4.86. The molecule has 0 aliphatic heterocycles. The third-order valence-corrected chi connectivity index (χ3v) is 2.29. The molecule has 1 aliphatic rings. The van der Waals surface area contributed by atoms with Crippen LogP contribution in [0.1, 0.15) is 32.1 Å². The van der Waals surface area contributed by atoms with E-state index in [9.17, 15) is 4.79 Å². The highest BCUT2D eigenvalue weighted by atomic mass is 16.5. The summed E-state index contributed by atoms with van der Waals surface area (Å²) >= 11 is 0. The van der Waals surface area contributed by atoms with Gasteiger partial charge in [0, 0.05) is 0 Å². The van der Waals surface area contributed by atoms with Gasteiger partial charge in [-0.25, -0.2) is 10.6 Å². The highest BCUT2D eigenvalue weighted by molar-refractivity contribution is 5.66. The van der Waals surface area contributed by atoms with Crippen molar-refractivity contribution in [3.63, 3.8) is 0 Å². The molecule has 0 radical (unpaired) electrons. The maximum atomic E-state index is 10.6. The molecule has 1 rings (SSSR count). The molecule has 0 spiro atoms. The van der Waals surface area contributed by atoms with Gasteiger partial charge in [0.15, 0.2) is 0 Å². The van der Waals surface area contributed by atoms with Crippen LogP contribution in [-0.2, 0) is 4.74 Å². The van der Waals surface area contributed by atoms with Crippen LogP contribution in [0.3, 0.4) is 0 Å². The molecule has 1 amide bonds. The van der Waals surface area contributed by atoms with E-state index in [1.165, 1.54) is 32.1 Å². The van der Waals surface area contributed by atoms with Crippen molar-refractivity contribution in [2.75, 3.05) is 6.61 Å². The monoisotopic (exact) mass is 172 g/mol. The van der Waals surface area contributed by atoms with Gasteiger partial charge in [-0.05, 0) is 18.8 Å². The highest BCUT2D eigenvalue weighted by Gasteiger charge is 2.14. The Morgan fingerprint density at radius 1 is 1.42 bits per heavy atom. The Morgan fingerprint density at radius 2 is 2.08 bits per heavy atom. The zero-order valence-corrected chi connectivity index (χ0v) is 7.21. The molecular weight excluding hydrogens is 156 g/mol. The molecule has 0 aromatic heterocycles. The highest BCUT2D eigenvalue weighted by Crippen LogP contribution is 2.23. The zero-order chi connectivity index (χ0) is 8.81. The van der Waals surface area contributed by atoms with Gasteiger partial charge in [-0.15, -0.1) is 0 Å². The second-order valence-corrected chi connectivity index (χ2v) is 3.25. The molecule has 70 valence electrons. The van der Waals surface area contributed by atoms with Crippen molar-refractivity contribution in [3.05, 3.63) is 0 Å². The van der Waals surface area contributed by atoms with Gasteiger partial charge >= 0.3 is 6.09 Å². The first-order chi connectivity index (χ1) is 5.83. The molecule has 0 heterocycles. The molecule has 12 heavy (non-hydrogen) atoms. The maximum absolute atomic E-state index is 10.6. The van der Waals surface area contributed by atoms with E-state index < -0.39 is 6.09 Å². The molecule has 1 aliphatic carbocycles. The maximum Gasteiger partial charge on any atom is 0.421 e. The van der Waals surface area contributed by atoms with E-state index in [1.807, 2.05) is 5.43 Å². The van der Waals surface area contributed by atoms with Gasteiger partial charge < -0.3 is 4.74 Å². The summed E-state index contributed by atoms with van der Waals surface area (Å²) in [5.41, 5.74) is 1.94. The van der Waals surface area contributed by atoms with Gasteiger partial charge in [-0.2, -0.15) is 0 Å². The predicted octanol–water partition coefficient (Wildman–Crippen LogP) is 1.17. The van der Waals surface area contributed by atoms with Crippen molar-refractivity contribution < 1.29 is 9.53 Å². The fraction of sp³-hybridized carbons (Fsp3) is 0.875. The largest absolute Gasteiger partial charge is 0.448 e.